The normalized spacial score (nSPS) is 11.1. The molecule has 28 heavy (non-hydrogen) atoms. The molecule has 4 rings (SSSR count). The molecule has 0 amide bonds. The van der Waals surface area contributed by atoms with Crippen LogP contribution in [0.4, 0.5) is 0 Å². The molecule has 0 atom stereocenters. The van der Waals surface area contributed by atoms with Crippen LogP contribution in [0.1, 0.15) is 27.9 Å². The molecule has 0 saturated heterocycles. The van der Waals surface area contributed by atoms with Crippen molar-refractivity contribution < 1.29 is 9.84 Å². The lowest BCUT2D eigenvalue weighted by molar-refractivity contribution is 0.266. The van der Waals surface area contributed by atoms with Gasteiger partial charge in [-0.05, 0) is 36.1 Å². The van der Waals surface area contributed by atoms with Crippen molar-refractivity contribution in [1.82, 2.24) is 14.8 Å². The third kappa shape index (κ3) is 3.37. The van der Waals surface area contributed by atoms with Gasteiger partial charge >= 0.3 is 0 Å². The molecule has 0 saturated carbocycles. The Hall–Kier alpha value is -3.18. The fourth-order valence-corrected chi connectivity index (χ4v) is 3.52. The predicted octanol–water partition coefficient (Wildman–Crippen LogP) is 4.17. The highest BCUT2D eigenvalue weighted by molar-refractivity contribution is 5.88. The van der Waals surface area contributed by atoms with Crippen LogP contribution in [0.5, 0.6) is 5.88 Å². The Morgan fingerprint density at radius 3 is 2.43 bits per heavy atom. The summed E-state index contributed by atoms with van der Waals surface area (Å²) in [6, 6.07) is 18.1. The number of fused-ring (bicyclic) bond motifs is 1. The summed E-state index contributed by atoms with van der Waals surface area (Å²) in [6.07, 6.45) is 1.80. The van der Waals surface area contributed by atoms with Gasteiger partial charge in [0.2, 0.25) is 0 Å². The maximum absolute atomic E-state index is 9.55. The van der Waals surface area contributed by atoms with Crippen molar-refractivity contribution in [1.29, 1.82) is 0 Å². The third-order valence-corrected chi connectivity index (χ3v) is 5.25. The number of aliphatic hydroxyl groups excluding tert-OH is 1. The van der Waals surface area contributed by atoms with E-state index in [-0.39, 0.29) is 6.61 Å². The summed E-state index contributed by atoms with van der Waals surface area (Å²) in [5.74, 6) is 0.511. The van der Waals surface area contributed by atoms with Crippen molar-refractivity contribution in [3.63, 3.8) is 0 Å². The van der Waals surface area contributed by atoms with Gasteiger partial charge in [0.05, 0.1) is 12.8 Å². The Bertz CT molecular complexity index is 1100. The van der Waals surface area contributed by atoms with Crippen molar-refractivity contribution in [3.05, 3.63) is 88.7 Å². The van der Waals surface area contributed by atoms with Crippen molar-refractivity contribution in [3.8, 4) is 5.88 Å². The molecule has 2 aromatic carbocycles. The molecule has 0 aliphatic rings. The van der Waals surface area contributed by atoms with Gasteiger partial charge in [-0.25, -0.2) is 0 Å². The molecule has 0 fully saturated rings. The van der Waals surface area contributed by atoms with Crippen LogP contribution in [-0.4, -0.2) is 19.9 Å². The number of rotatable bonds is 6. The van der Waals surface area contributed by atoms with Crippen LogP contribution < -0.4 is 4.74 Å². The van der Waals surface area contributed by atoms with Gasteiger partial charge in [-0.1, -0.05) is 54.6 Å². The molecule has 4 aromatic rings. The standard InChI is InChI=1S/C23H23N3O2/c1-16-17(2)26(13-18-8-4-3-5-9-18)22-21(16)12-24-25-23(22)28-15-20-11-7-6-10-19(20)14-27/h3-12,27H,13-15H2,1-2H3. The van der Waals surface area contributed by atoms with Gasteiger partial charge in [0.15, 0.2) is 0 Å². The number of hydrogen-bond donors (Lipinski definition) is 1. The zero-order valence-electron chi connectivity index (χ0n) is 16.1. The van der Waals surface area contributed by atoms with Crippen LogP contribution in [0.3, 0.4) is 0 Å². The number of aliphatic hydroxyl groups is 1. The quantitative estimate of drug-likeness (QED) is 0.551. The Morgan fingerprint density at radius 2 is 1.68 bits per heavy atom. The summed E-state index contributed by atoms with van der Waals surface area (Å²) in [5.41, 5.74) is 6.33. The van der Waals surface area contributed by atoms with Gasteiger partial charge in [-0.2, -0.15) is 5.10 Å². The highest BCUT2D eigenvalue weighted by Crippen LogP contribution is 2.31. The van der Waals surface area contributed by atoms with E-state index in [1.54, 1.807) is 6.20 Å². The second-order valence-electron chi connectivity index (χ2n) is 6.91. The van der Waals surface area contributed by atoms with Crippen LogP contribution in [0, 0.1) is 13.8 Å². The second kappa shape index (κ2) is 7.82. The zero-order valence-corrected chi connectivity index (χ0v) is 16.1. The minimum Gasteiger partial charge on any atom is -0.470 e. The molecule has 142 valence electrons. The summed E-state index contributed by atoms with van der Waals surface area (Å²) in [4.78, 5) is 0. The summed E-state index contributed by atoms with van der Waals surface area (Å²) in [5, 5.41) is 19.0. The Labute approximate surface area is 164 Å². The Morgan fingerprint density at radius 1 is 0.964 bits per heavy atom. The zero-order chi connectivity index (χ0) is 19.5. The second-order valence-corrected chi connectivity index (χ2v) is 6.91. The van der Waals surface area contributed by atoms with Gasteiger partial charge < -0.3 is 14.4 Å². The molecule has 5 nitrogen and oxygen atoms in total. The van der Waals surface area contributed by atoms with E-state index >= 15 is 0 Å². The molecule has 0 radical (unpaired) electrons. The Kier molecular flexibility index (Phi) is 5.08. The average molecular weight is 373 g/mol. The van der Waals surface area contributed by atoms with Crippen molar-refractivity contribution >= 4 is 10.9 Å². The summed E-state index contributed by atoms with van der Waals surface area (Å²) >= 11 is 0. The van der Waals surface area contributed by atoms with E-state index in [2.05, 4.69) is 40.7 Å². The van der Waals surface area contributed by atoms with E-state index in [0.717, 1.165) is 28.6 Å². The molecule has 5 heteroatoms. The van der Waals surface area contributed by atoms with Crippen molar-refractivity contribution in [2.24, 2.45) is 0 Å². The summed E-state index contributed by atoms with van der Waals surface area (Å²) in [6.45, 7) is 5.28. The van der Waals surface area contributed by atoms with Crippen molar-refractivity contribution in [2.45, 2.75) is 33.6 Å². The monoisotopic (exact) mass is 373 g/mol. The molecule has 2 heterocycles. The largest absolute Gasteiger partial charge is 0.470 e. The van der Waals surface area contributed by atoms with Crippen LogP contribution in [0.15, 0.2) is 60.8 Å². The van der Waals surface area contributed by atoms with Gasteiger partial charge in [-0.15, -0.1) is 5.10 Å². The first-order chi connectivity index (χ1) is 13.7. The maximum atomic E-state index is 9.55. The predicted molar refractivity (Wildman–Crippen MR) is 109 cm³/mol. The first-order valence-corrected chi connectivity index (χ1v) is 9.34. The van der Waals surface area contributed by atoms with Gasteiger partial charge in [0.25, 0.3) is 5.88 Å². The smallest absolute Gasteiger partial charge is 0.258 e. The molecule has 0 aliphatic heterocycles. The van der Waals surface area contributed by atoms with Crippen LogP contribution in [0.25, 0.3) is 10.9 Å². The van der Waals surface area contributed by atoms with Gasteiger partial charge in [0.1, 0.15) is 12.1 Å². The first-order valence-electron chi connectivity index (χ1n) is 9.34. The summed E-state index contributed by atoms with van der Waals surface area (Å²) in [7, 11) is 0. The average Bonchev–Trinajstić information content (AvgIpc) is 2.98. The molecular weight excluding hydrogens is 350 g/mol. The minimum atomic E-state index is -0.0159. The van der Waals surface area contributed by atoms with E-state index in [4.69, 9.17) is 4.74 Å². The van der Waals surface area contributed by atoms with Crippen molar-refractivity contribution in [2.75, 3.05) is 0 Å². The molecule has 2 aromatic heterocycles. The van der Waals surface area contributed by atoms with E-state index in [0.29, 0.717) is 12.5 Å². The SMILES string of the molecule is Cc1c(C)n(Cc2ccccc2)c2c(OCc3ccccc3CO)nncc12. The highest BCUT2D eigenvalue weighted by atomic mass is 16.5. The molecule has 0 unspecified atom stereocenters. The molecule has 1 N–H and O–H groups in total. The lowest BCUT2D eigenvalue weighted by Gasteiger charge is -2.13. The van der Waals surface area contributed by atoms with Gasteiger partial charge in [0, 0.05) is 17.6 Å². The molecule has 0 spiro atoms. The number of nitrogens with zero attached hydrogens (tertiary/aromatic N) is 3. The lowest BCUT2D eigenvalue weighted by atomic mass is 10.1. The summed E-state index contributed by atoms with van der Waals surface area (Å²) < 4.78 is 8.33. The highest BCUT2D eigenvalue weighted by Gasteiger charge is 2.17. The first kappa shape index (κ1) is 18.2. The molecule has 0 aliphatic carbocycles. The number of aromatic nitrogens is 3. The van der Waals surface area contributed by atoms with Crippen LogP contribution >= 0.6 is 0 Å². The van der Waals surface area contributed by atoms with E-state index in [9.17, 15) is 5.11 Å². The minimum absolute atomic E-state index is 0.0159. The fourth-order valence-electron chi connectivity index (χ4n) is 3.52. The lowest BCUT2D eigenvalue weighted by Crippen LogP contribution is -2.06. The molecular formula is C23H23N3O2. The van der Waals surface area contributed by atoms with Crippen LogP contribution in [-0.2, 0) is 19.8 Å². The van der Waals surface area contributed by atoms with E-state index in [1.165, 1.54) is 16.8 Å². The van der Waals surface area contributed by atoms with E-state index in [1.807, 2.05) is 42.5 Å². The van der Waals surface area contributed by atoms with Crippen LogP contribution in [0.2, 0.25) is 0 Å². The topological polar surface area (TPSA) is 60.2 Å². The number of ether oxygens (including phenoxy) is 1. The number of benzene rings is 2. The third-order valence-electron chi connectivity index (χ3n) is 5.25. The Balaban J connectivity index is 1.73. The fraction of sp³-hybridized carbons (Fsp3) is 0.217. The number of hydrogen-bond acceptors (Lipinski definition) is 4. The molecule has 0 bridgehead atoms. The van der Waals surface area contributed by atoms with Gasteiger partial charge in [-0.3, -0.25) is 0 Å². The maximum Gasteiger partial charge on any atom is 0.258 e. The van der Waals surface area contributed by atoms with E-state index < -0.39 is 0 Å². The number of aryl methyl sites for hydroxylation is 1.